The predicted octanol–water partition coefficient (Wildman–Crippen LogP) is 3.23. The standard InChI is InChI=1S/C9H11ClO2S/c1-5(2)7(9(11)12)8-6(10)3-4-13-8/h3-5,7H,1-2H3,(H,11,12). The second-order valence-corrected chi connectivity index (χ2v) is 4.55. The van der Waals surface area contributed by atoms with Crippen molar-refractivity contribution in [2.75, 3.05) is 0 Å². The lowest BCUT2D eigenvalue weighted by Gasteiger charge is -2.14. The highest BCUT2D eigenvalue weighted by Gasteiger charge is 2.26. The summed E-state index contributed by atoms with van der Waals surface area (Å²) < 4.78 is 0. The van der Waals surface area contributed by atoms with Gasteiger partial charge in [0, 0.05) is 4.88 Å². The topological polar surface area (TPSA) is 37.3 Å². The molecule has 1 aromatic heterocycles. The van der Waals surface area contributed by atoms with Gasteiger partial charge in [0.25, 0.3) is 0 Å². The highest BCUT2D eigenvalue weighted by atomic mass is 35.5. The summed E-state index contributed by atoms with van der Waals surface area (Å²) in [6.45, 7) is 3.77. The number of aliphatic carboxylic acids is 1. The maximum absolute atomic E-state index is 10.9. The Hall–Kier alpha value is -0.540. The second-order valence-electron chi connectivity index (χ2n) is 3.19. The third-order valence-corrected chi connectivity index (χ3v) is 3.30. The summed E-state index contributed by atoms with van der Waals surface area (Å²) >= 11 is 7.27. The summed E-state index contributed by atoms with van der Waals surface area (Å²) in [4.78, 5) is 11.7. The number of carbonyl (C=O) groups is 1. The lowest BCUT2D eigenvalue weighted by atomic mass is 9.94. The zero-order valence-corrected chi connectivity index (χ0v) is 9.02. The summed E-state index contributed by atoms with van der Waals surface area (Å²) in [5, 5.41) is 11.4. The van der Waals surface area contributed by atoms with Crippen LogP contribution in [0, 0.1) is 5.92 Å². The zero-order chi connectivity index (χ0) is 10.0. The van der Waals surface area contributed by atoms with Gasteiger partial charge in [-0.1, -0.05) is 25.4 Å². The molecule has 0 aliphatic carbocycles. The Bertz CT molecular complexity index is 306. The third-order valence-electron chi connectivity index (χ3n) is 1.86. The van der Waals surface area contributed by atoms with Crippen LogP contribution in [0.2, 0.25) is 5.02 Å². The zero-order valence-electron chi connectivity index (χ0n) is 7.45. The van der Waals surface area contributed by atoms with Crippen molar-refractivity contribution in [2.45, 2.75) is 19.8 Å². The lowest BCUT2D eigenvalue weighted by Crippen LogP contribution is -2.16. The van der Waals surface area contributed by atoms with E-state index >= 15 is 0 Å². The fraction of sp³-hybridized carbons (Fsp3) is 0.444. The smallest absolute Gasteiger partial charge is 0.312 e. The van der Waals surface area contributed by atoms with Crippen LogP contribution < -0.4 is 0 Å². The third kappa shape index (κ3) is 2.23. The molecule has 1 atom stereocenters. The maximum atomic E-state index is 10.9. The van der Waals surface area contributed by atoms with Gasteiger partial charge in [0.05, 0.1) is 10.9 Å². The first-order valence-corrected chi connectivity index (χ1v) is 5.25. The Morgan fingerprint density at radius 2 is 2.23 bits per heavy atom. The van der Waals surface area contributed by atoms with Gasteiger partial charge in [-0.05, 0) is 17.4 Å². The summed E-state index contributed by atoms with van der Waals surface area (Å²) in [5.41, 5.74) is 0. The lowest BCUT2D eigenvalue weighted by molar-refractivity contribution is -0.139. The maximum Gasteiger partial charge on any atom is 0.312 e. The average molecular weight is 219 g/mol. The first-order chi connectivity index (χ1) is 6.04. The van der Waals surface area contributed by atoms with E-state index in [2.05, 4.69) is 0 Å². The first-order valence-electron chi connectivity index (χ1n) is 3.99. The van der Waals surface area contributed by atoms with Crippen molar-refractivity contribution in [1.29, 1.82) is 0 Å². The van der Waals surface area contributed by atoms with E-state index in [4.69, 9.17) is 16.7 Å². The minimum absolute atomic E-state index is 0.0636. The van der Waals surface area contributed by atoms with Crippen molar-refractivity contribution < 1.29 is 9.90 Å². The van der Waals surface area contributed by atoms with E-state index in [0.29, 0.717) is 5.02 Å². The van der Waals surface area contributed by atoms with Crippen LogP contribution in [0.15, 0.2) is 11.4 Å². The van der Waals surface area contributed by atoms with E-state index in [1.807, 2.05) is 19.2 Å². The van der Waals surface area contributed by atoms with Crippen LogP contribution in [0.25, 0.3) is 0 Å². The molecule has 4 heteroatoms. The van der Waals surface area contributed by atoms with Crippen LogP contribution in [0.3, 0.4) is 0 Å². The Labute approximate surface area is 86.2 Å². The van der Waals surface area contributed by atoms with Crippen LogP contribution in [-0.4, -0.2) is 11.1 Å². The molecule has 0 aliphatic heterocycles. The van der Waals surface area contributed by atoms with Gasteiger partial charge in [-0.2, -0.15) is 0 Å². The number of rotatable bonds is 3. The van der Waals surface area contributed by atoms with Gasteiger partial charge in [-0.15, -0.1) is 11.3 Å². The number of thiophene rings is 1. The monoisotopic (exact) mass is 218 g/mol. The molecular weight excluding hydrogens is 208 g/mol. The van der Waals surface area contributed by atoms with Crippen molar-refractivity contribution in [3.63, 3.8) is 0 Å². The molecule has 0 aliphatic rings. The number of carboxylic acid groups (broad SMARTS) is 1. The fourth-order valence-electron chi connectivity index (χ4n) is 1.23. The number of hydrogen-bond donors (Lipinski definition) is 1. The normalized spacial score (nSPS) is 13.2. The van der Waals surface area contributed by atoms with Crippen LogP contribution in [0.4, 0.5) is 0 Å². The first kappa shape index (κ1) is 10.5. The number of hydrogen-bond acceptors (Lipinski definition) is 2. The van der Waals surface area contributed by atoms with Crippen molar-refractivity contribution >= 4 is 28.9 Å². The average Bonchev–Trinajstić information content (AvgIpc) is 2.35. The van der Waals surface area contributed by atoms with Crippen molar-refractivity contribution in [3.05, 3.63) is 21.3 Å². The van der Waals surface area contributed by atoms with Crippen LogP contribution >= 0.6 is 22.9 Å². The largest absolute Gasteiger partial charge is 0.481 e. The van der Waals surface area contributed by atoms with Crippen molar-refractivity contribution in [2.24, 2.45) is 5.92 Å². The van der Waals surface area contributed by atoms with Crippen molar-refractivity contribution in [1.82, 2.24) is 0 Å². The van der Waals surface area contributed by atoms with Gasteiger partial charge in [-0.25, -0.2) is 0 Å². The highest BCUT2D eigenvalue weighted by Crippen LogP contribution is 2.34. The second kappa shape index (κ2) is 4.11. The Morgan fingerprint density at radius 1 is 1.62 bits per heavy atom. The Morgan fingerprint density at radius 3 is 2.54 bits per heavy atom. The summed E-state index contributed by atoms with van der Waals surface area (Å²) in [6.07, 6.45) is 0. The molecular formula is C9H11ClO2S. The molecule has 0 radical (unpaired) electrons. The van der Waals surface area contributed by atoms with Gasteiger partial charge in [0.15, 0.2) is 0 Å². The van der Waals surface area contributed by atoms with E-state index < -0.39 is 11.9 Å². The Balaban J connectivity index is 3.02. The van der Waals surface area contributed by atoms with Crippen LogP contribution in [0.1, 0.15) is 24.6 Å². The molecule has 0 fully saturated rings. The molecule has 0 saturated carbocycles. The van der Waals surface area contributed by atoms with Crippen LogP contribution in [-0.2, 0) is 4.79 Å². The van der Waals surface area contributed by atoms with E-state index in [9.17, 15) is 4.79 Å². The predicted molar refractivity (Wildman–Crippen MR) is 54.5 cm³/mol. The molecule has 0 amide bonds. The SMILES string of the molecule is CC(C)C(C(=O)O)c1sccc1Cl. The molecule has 0 bridgehead atoms. The molecule has 1 heterocycles. The highest BCUT2D eigenvalue weighted by molar-refractivity contribution is 7.10. The van der Waals surface area contributed by atoms with Gasteiger partial charge in [0.2, 0.25) is 0 Å². The molecule has 0 aromatic carbocycles. The Kier molecular flexibility index (Phi) is 3.33. The molecule has 0 spiro atoms. The molecule has 72 valence electrons. The molecule has 1 aromatic rings. The van der Waals surface area contributed by atoms with Crippen LogP contribution in [0.5, 0.6) is 0 Å². The molecule has 1 unspecified atom stereocenters. The van der Waals surface area contributed by atoms with E-state index in [0.717, 1.165) is 4.88 Å². The fourth-order valence-corrected chi connectivity index (χ4v) is 2.67. The van der Waals surface area contributed by atoms with Crippen molar-refractivity contribution in [3.8, 4) is 0 Å². The number of carboxylic acids is 1. The van der Waals surface area contributed by atoms with Gasteiger partial charge < -0.3 is 5.11 Å². The van der Waals surface area contributed by atoms with Gasteiger partial charge in [0.1, 0.15) is 0 Å². The summed E-state index contributed by atoms with van der Waals surface area (Å²) in [5.74, 6) is -1.22. The molecule has 1 N–H and O–H groups in total. The summed E-state index contributed by atoms with van der Waals surface area (Å²) in [6, 6.07) is 1.74. The molecule has 1 rings (SSSR count). The minimum Gasteiger partial charge on any atom is -0.481 e. The summed E-state index contributed by atoms with van der Waals surface area (Å²) in [7, 11) is 0. The number of halogens is 1. The molecule has 13 heavy (non-hydrogen) atoms. The quantitative estimate of drug-likeness (QED) is 0.846. The molecule has 0 saturated heterocycles. The van der Waals surface area contributed by atoms with Gasteiger partial charge >= 0.3 is 5.97 Å². The van der Waals surface area contributed by atoms with E-state index in [1.165, 1.54) is 11.3 Å². The molecule has 2 nitrogen and oxygen atoms in total. The minimum atomic E-state index is -0.806. The van der Waals surface area contributed by atoms with E-state index in [-0.39, 0.29) is 5.92 Å². The van der Waals surface area contributed by atoms with E-state index in [1.54, 1.807) is 6.07 Å². The van der Waals surface area contributed by atoms with Gasteiger partial charge in [-0.3, -0.25) is 4.79 Å².